The molecule has 0 saturated carbocycles. The molecule has 1 aliphatic heterocycles. The van der Waals surface area contributed by atoms with E-state index in [1.54, 1.807) is 0 Å². The summed E-state index contributed by atoms with van der Waals surface area (Å²) in [4.78, 5) is 9.46. The van der Waals surface area contributed by atoms with Gasteiger partial charge in [-0.15, -0.1) is 11.6 Å². The molecule has 202 valence electrons. The molecule has 1 amide bonds. The van der Waals surface area contributed by atoms with Gasteiger partial charge in [0.1, 0.15) is 5.88 Å². The second kappa shape index (κ2) is 31.5. The number of primary amides is 1. The fraction of sp³-hybridized carbons (Fsp3) is 0.957. The van der Waals surface area contributed by atoms with E-state index in [2.05, 4.69) is 27.9 Å². The third-order valence-electron chi connectivity index (χ3n) is 4.62. The summed E-state index contributed by atoms with van der Waals surface area (Å²) in [5, 5.41) is 7.10. The van der Waals surface area contributed by atoms with Gasteiger partial charge in [0.2, 0.25) is 5.91 Å². The maximum absolute atomic E-state index is 9.46. The number of alkyl halides is 1. The van der Waals surface area contributed by atoms with Gasteiger partial charge in [0.25, 0.3) is 0 Å². The minimum Gasteiger partial charge on any atom is -0.377 e. The number of nitrogens with one attached hydrogen (secondary N) is 1. The Bertz CT molecular complexity index is 452. The summed E-state index contributed by atoms with van der Waals surface area (Å²) >= 11 is 4.86. The van der Waals surface area contributed by atoms with Gasteiger partial charge in [-0.1, -0.05) is 103 Å². The van der Waals surface area contributed by atoms with Crippen LogP contribution in [0.15, 0.2) is 0 Å². The summed E-state index contributed by atoms with van der Waals surface area (Å²) in [6.07, 6.45) is 23.2. The van der Waals surface area contributed by atoms with Crippen LogP contribution in [-0.2, 0) is 19.8 Å². The molecule has 33 heavy (non-hydrogen) atoms. The molecule has 0 radical (unpaired) electrons. The topological polar surface area (TPSA) is 148 Å². The molecule has 1 heterocycles. The van der Waals surface area contributed by atoms with Crippen LogP contribution in [0.3, 0.4) is 0 Å². The summed E-state index contributed by atoms with van der Waals surface area (Å²) in [6.45, 7) is 5.49. The maximum Gasteiger partial charge on any atom is 0.330 e. The average Bonchev–Trinajstić information content (AvgIpc) is 3.62. The molecule has 1 saturated heterocycles. The molecule has 1 fully saturated rings. The highest BCUT2D eigenvalue weighted by Gasteiger charge is 1.94. The SMILES string of the molecule is C1CO1.CCCCCCCCCCCCCCCCCCNC.NC(=O)CCl.NS(=O)(=O)O. The first-order chi connectivity index (χ1) is 15.7. The van der Waals surface area contributed by atoms with E-state index in [1.165, 1.54) is 109 Å². The Labute approximate surface area is 208 Å². The molecule has 0 aliphatic carbocycles. The van der Waals surface area contributed by atoms with Crippen molar-refractivity contribution in [3.8, 4) is 0 Å². The minimum absolute atomic E-state index is 0.0833. The number of unbranched alkanes of at least 4 members (excludes halogenated alkanes) is 15. The molecule has 0 spiro atoms. The van der Waals surface area contributed by atoms with Crippen molar-refractivity contribution in [2.45, 2.75) is 110 Å². The van der Waals surface area contributed by atoms with Gasteiger partial charge in [0.05, 0.1) is 13.2 Å². The first kappa shape index (κ1) is 37.1. The summed E-state index contributed by atoms with van der Waals surface area (Å²) in [7, 11) is -2.12. The van der Waals surface area contributed by atoms with Crippen molar-refractivity contribution < 1.29 is 22.5 Å². The van der Waals surface area contributed by atoms with Gasteiger partial charge in [-0.2, -0.15) is 8.42 Å². The molecule has 0 aromatic heterocycles. The lowest BCUT2D eigenvalue weighted by Gasteiger charge is -2.03. The number of amides is 1. The van der Waals surface area contributed by atoms with Crippen LogP contribution in [0.4, 0.5) is 0 Å². The van der Waals surface area contributed by atoms with Gasteiger partial charge in [0.15, 0.2) is 0 Å². The van der Waals surface area contributed by atoms with E-state index >= 15 is 0 Å². The Morgan fingerprint density at radius 3 is 1.27 bits per heavy atom. The monoisotopic (exact) mass is 517 g/mol. The van der Waals surface area contributed by atoms with Crippen LogP contribution in [0.2, 0.25) is 0 Å². The number of carbonyl (C=O) groups excluding carboxylic acids is 1. The molecule has 0 atom stereocenters. The van der Waals surface area contributed by atoms with Gasteiger partial charge < -0.3 is 15.8 Å². The zero-order chi connectivity index (χ0) is 25.6. The number of hydrogen-bond acceptors (Lipinski definition) is 5. The second-order valence-electron chi connectivity index (χ2n) is 8.13. The number of halogens is 1. The molecule has 0 unspecified atom stereocenters. The molecule has 10 heteroatoms. The lowest BCUT2D eigenvalue weighted by Crippen LogP contribution is -2.10. The number of carbonyl (C=O) groups is 1. The largest absolute Gasteiger partial charge is 0.377 e. The van der Waals surface area contributed by atoms with Crippen molar-refractivity contribution in [2.24, 2.45) is 10.9 Å². The fourth-order valence-corrected chi connectivity index (χ4v) is 2.85. The Morgan fingerprint density at radius 1 is 0.848 bits per heavy atom. The lowest BCUT2D eigenvalue weighted by molar-refractivity contribution is -0.115. The van der Waals surface area contributed by atoms with Crippen molar-refractivity contribution in [3.05, 3.63) is 0 Å². The number of hydrogen-bond donors (Lipinski definition) is 4. The lowest BCUT2D eigenvalue weighted by atomic mass is 10.0. The van der Waals surface area contributed by atoms with Gasteiger partial charge in [-0.3, -0.25) is 9.35 Å². The van der Waals surface area contributed by atoms with Gasteiger partial charge in [-0.05, 0) is 20.0 Å². The molecule has 6 N–H and O–H groups in total. The second-order valence-corrected chi connectivity index (χ2v) is 9.43. The first-order valence-electron chi connectivity index (χ1n) is 12.5. The molecule has 8 nitrogen and oxygen atoms in total. The quantitative estimate of drug-likeness (QED) is 0.0875. The molecule has 1 aliphatic rings. The smallest absolute Gasteiger partial charge is 0.330 e. The van der Waals surface area contributed by atoms with E-state index in [0.29, 0.717) is 0 Å². The zero-order valence-electron chi connectivity index (χ0n) is 21.2. The highest BCUT2D eigenvalue weighted by atomic mass is 35.5. The van der Waals surface area contributed by atoms with Crippen molar-refractivity contribution in [1.82, 2.24) is 5.32 Å². The predicted octanol–water partition coefficient (Wildman–Crippen LogP) is 4.94. The molecule has 1 rings (SSSR count). The Kier molecular flexibility index (Phi) is 35.5. The van der Waals surface area contributed by atoms with E-state index in [9.17, 15) is 4.79 Å². The van der Waals surface area contributed by atoms with Crippen LogP contribution < -0.4 is 16.2 Å². The highest BCUT2D eigenvalue weighted by molar-refractivity contribution is 7.83. The summed E-state index contributed by atoms with van der Waals surface area (Å²) in [6, 6.07) is 0. The first-order valence-corrected chi connectivity index (χ1v) is 14.5. The van der Waals surface area contributed by atoms with Crippen molar-refractivity contribution in [1.29, 1.82) is 0 Å². The standard InChI is InChI=1S/C19H41N.C2H4ClNO.C2H4O.H3NO3S/c1-3-4-5-6-7-8-9-10-11-12-13-14-15-16-17-18-19-20-2;3-1-2(4)5;1-2-3-1;1-5(2,3)4/h20H,3-19H2,1-2H3;1H2,(H2,4,5);1-2H2;(H3,1,2,3,4). The number of nitrogens with two attached hydrogens (primary N) is 2. The average molecular weight is 518 g/mol. The summed E-state index contributed by atoms with van der Waals surface area (Å²) < 4.78 is 29.7. The Hall–Kier alpha value is -0.450. The highest BCUT2D eigenvalue weighted by Crippen LogP contribution is 2.13. The number of epoxide rings is 1. The third-order valence-corrected chi connectivity index (χ3v) is 4.88. The Balaban J connectivity index is -0.000000554. The summed E-state index contributed by atoms with van der Waals surface area (Å²) in [5.74, 6) is -0.563. The molecular formula is C23H52ClN3O5S. The zero-order valence-corrected chi connectivity index (χ0v) is 22.7. The third kappa shape index (κ3) is 72.1. The van der Waals surface area contributed by atoms with Crippen LogP contribution in [-0.4, -0.2) is 51.6 Å². The van der Waals surface area contributed by atoms with Crippen molar-refractivity contribution >= 4 is 27.8 Å². The normalized spacial score (nSPS) is 11.8. The van der Waals surface area contributed by atoms with Crippen molar-refractivity contribution in [3.63, 3.8) is 0 Å². The van der Waals surface area contributed by atoms with E-state index in [0.717, 1.165) is 13.2 Å². The molecular weight excluding hydrogens is 466 g/mol. The number of ether oxygens (including phenoxy) is 1. The van der Waals surface area contributed by atoms with Crippen molar-refractivity contribution in [2.75, 3.05) is 32.7 Å². The Morgan fingerprint density at radius 2 is 1.09 bits per heavy atom. The van der Waals surface area contributed by atoms with Crippen LogP contribution in [0, 0.1) is 0 Å². The van der Waals surface area contributed by atoms with E-state index in [1.807, 2.05) is 7.05 Å². The van der Waals surface area contributed by atoms with Crippen LogP contribution >= 0.6 is 11.6 Å². The van der Waals surface area contributed by atoms with Crippen LogP contribution in [0.5, 0.6) is 0 Å². The molecule has 0 bridgehead atoms. The van der Waals surface area contributed by atoms with E-state index in [-0.39, 0.29) is 5.88 Å². The fourth-order valence-electron chi connectivity index (χ4n) is 2.85. The van der Waals surface area contributed by atoms with Gasteiger partial charge >= 0.3 is 10.3 Å². The number of rotatable bonds is 18. The predicted molar refractivity (Wildman–Crippen MR) is 140 cm³/mol. The van der Waals surface area contributed by atoms with Crippen LogP contribution in [0.1, 0.15) is 110 Å². The summed E-state index contributed by atoms with van der Waals surface area (Å²) in [5.41, 5.74) is 4.52. The van der Waals surface area contributed by atoms with Gasteiger partial charge in [0, 0.05) is 0 Å². The molecule has 0 aromatic rings. The van der Waals surface area contributed by atoms with Crippen LogP contribution in [0.25, 0.3) is 0 Å². The maximum atomic E-state index is 9.46. The minimum atomic E-state index is -4.17. The van der Waals surface area contributed by atoms with Gasteiger partial charge in [-0.25, -0.2) is 5.14 Å². The molecule has 0 aromatic carbocycles. The van der Waals surface area contributed by atoms with E-state index < -0.39 is 16.2 Å². The van der Waals surface area contributed by atoms with E-state index in [4.69, 9.17) is 24.6 Å².